The molecule has 0 radical (unpaired) electrons. The topological polar surface area (TPSA) is 78.4 Å². The van der Waals surface area contributed by atoms with E-state index in [2.05, 4.69) is 10.6 Å². The van der Waals surface area contributed by atoms with Crippen molar-refractivity contribution < 1.29 is 14.7 Å². The Morgan fingerprint density at radius 1 is 1.44 bits per heavy atom. The molecule has 0 aliphatic heterocycles. The van der Waals surface area contributed by atoms with Gasteiger partial charge in [-0.1, -0.05) is 18.5 Å². The van der Waals surface area contributed by atoms with Gasteiger partial charge in [0.2, 0.25) is 5.91 Å². The first-order valence-corrected chi connectivity index (χ1v) is 5.81. The van der Waals surface area contributed by atoms with Gasteiger partial charge in [-0.2, -0.15) is 0 Å². The van der Waals surface area contributed by atoms with Crippen molar-refractivity contribution in [2.24, 2.45) is 5.92 Å². The van der Waals surface area contributed by atoms with E-state index in [0.29, 0.717) is 12.2 Å². The van der Waals surface area contributed by atoms with E-state index < -0.39 is 5.97 Å². The van der Waals surface area contributed by atoms with Crippen molar-refractivity contribution in [2.75, 3.05) is 18.9 Å². The van der Waals surface area contributed by atoms with Crippen molar-refractivity contribution in [1.29, 1.82) is 0 Å². The van der Waals surface area contributed by atoms with Gasteiger partial charge in [0.05, 0.1) is 10.6 Å². The number of rotatable bonds is 5. The van der Waals surface area contributed by atoms with E-state index in [9.17, 15) is 9.59 Å². The van der Waals surface area contributed by atoms with E-state index in [0.717, 1.165) is 0 Å². The van der Waals surface area contributed by atoms with Crippen LogP contribution in [0.4, 0.5) is 5.69 Å². The van der Waals surface area contributed by atoms with Gasteiger partial charge in [0.1, 0.15) is 0 Å². The quantitative estimate of drug-likeness (QED) is 0.763. The maximum absolute atomic E-state index is 11.7. The molecule has 0 aliphatic carbocycles. The predicted octanol–water partition coefficient (Wildman–Crippen LogP) is 1.83. The number of carbonyl (C=O) groups is 2. The van der Waals surface area contributed by atoms with E-state index >= 15 is 0 Å². The summed E-state index contributed by atoms with van der Waals surface area (Å²) in [6, 6.07) is 4.30. The zero-order valence-electron chi connectivity index (χ0n) is 10.2. The second-order valence-electron chi connectivity index (χ2n) is 3.95. The first-order chi connectivity index (χ1) is 8.45. The minimum Gasteiger partial charge on any atom is -0.478 e. The van der Waals surface area contributed by atoms with E-state index in [1.54, 1.807) is 14.0 Å². The zero-order chi connectivity index (χ0) is 13.7. The molecule has 1 unspecified atom stereocenters. The maximum atomic E-state index is 11.7. The number of anilines is 1. The fourth-order valence-electron chi connectivity index (χ4n) is 1.43. The minimum atomic E-state index is -1.10. The number of nitrogens with one attached hydrogen (secondary N) is 2. The Labute approximate surface area is 110 Å². The molecule has 0 aliphatic rings. The van der Waals surface area contributed by atoms with E-state index in [4.69, 9.17) is 16.7 Å². The average molecular weight is 271 g/mol. The highest BCUT2D eigenvalue weighted by molar-refractivity contribution is 6.33. The number of hydrogen-bond donors (Lipinski definition) is 3. The molecule has 1 amide bonds. The summed E-state index contributed by atoms with van der Waals surface area (Å²) in [4.78, 5) is 22.5. The summed E-state index contributed by atoms with van der Waals surface area (Å²) in [7, 11) is 1.77. The van der Waals surface area contributed by atoms with Gasteiger partial charge in [-0.3, -0.25) is 4.79 Å². The number of carbonyl (C=O) groups excluding carboxylic acids is 1. The summed E-state index contributed by atoms with van der Waals surface area (Å²) >= 11 is 5.80. The molecule has 1 aromatic rings. The standard InChI is InChI=1S/C12H15ClN2O3/c1-7(6-14-2)11(16)15-8-3-4-9(12(17)18)10(13)5-8/h3-5,7,14H,6H2,1-2H3,(H,15,16)(H,17,18). The lowest BCUT2D eigenvalue weighted by atomic mass is 10.1. The summed E-state index contributed by atoms with van der Waals surface area (Å²) in [5, 5.41) is 14.5. The summed E-state index contributed by atoms with van der Waals surface area (Å²) in [6.45, 7) is 2.35. The molecule has 0 saturated carbocycles. The molecule has 0 saturated heterocycles. The van der Waals surface area contributed by atoms with E-state index in [1.807, 2.05) is 0 Å². The van der Waals surface area contributed by atoms with E-state index in [-0.39, 0.29) is 22.4 Å². The second kappa shape index (κ2) is 6.37. The van der Waals surface area contributed by atoms with Crippen LogP contribution < -0.4 is 10.6 Å². The molecule has 0 spiro atoms. The maximum Gasteiger partial charge on any atom is 0.337 e. The van der Waals surface area contributed by atoms with Crippen LogP contribution in [0, 0.1) is 5.92 Å². The van der Waals surface area contributed by atoms with Crippen LogP contribution in [0.15, 0.2) is 18.2 Å². The highest BCUT2D eigenvalue weighted by Gasteiger charge is 2.14. The minimum absolute atomic E-state index is 0.0120. The molecule has 18 heavy (non-hydrogen) atoms. The lowest BCUT2D eigenvalue weighted by Crippen LogP contribution is -2.28. The molecule has 0 fully saturated rings. The fourth-order valence-corrected chi connectivity index (χ4v) is 1.69. The van der Waals surface area contributed by atoms with Crippen molar-refractivity contribution in [2.45, 2.75) is 6.92 Å². The Kier molecular flexibility index (Phi) is 5.12. The normalized spacial score (nSPS) is 11.9. The van der Waals surface area contributed by atoms with Crippen molar-refractivity contribution in [3.05, 3.63) is 28.8 Å². The highest BCUT2D eigenvalue weighted by atomic mass is 35.5. The number of amides is 1. The van der Waals surface area contributed by atoms with Crippen LogP contribution in [0.1, 0.15) is 17.3 Å². The molecular weight excluding hydrogens is 256 g/mol. The molecule has 1 rings (SSSR count). The molecule has 0 heterocycles. The Morgan fingerprint density at radius 2 is 2.11 bits per heavy atom. The number of hydrogen-bond acceptors (Lipinski definition) is 3. The zero-order valence-corrected chi connectivity index (χ0v) is 10.9. The van der Waals surface area contributed by atoms with Crippen LogP contribution >= 0.6 is 11.6 Å². The highest BCUT2D eigenvalue weighted by Crippen LogP contribution is 2.21. The van der Waals surface area contributed by atoms with Gasteiger partial charge >= 0.3 is 5.97 Å². The van der Waals surface area contributed by atoms with Gasteiger partial charge in [-0.25, -0.2) is 4.79 Å². The van der Waals surface area contributed by atoms with Crippen LogP contribution in [0.5, 0.6) is 0 Å². The molecule has 0 bridgehead atoms. The van der Waals surface area contributed by atoms with Crippen LogP contribution in [0.25, 0.3) is 0 Å². The molecule has 1 atom stereocenters. The second-order valence-corrected chi connectivity index (χ2v) is 4.35. The summed E-state index contributed by atoms with van der Waals surface area (Å²) in [6.07, 6.45) is 0. The third-order valence-corrected chi connectivity index (χ3v) is 2.74. The molecular formula is C12H15ClN2O3. The first kappa shape index (κ1) is 14.5. The van der Waals surface area contributed by atoms with Crippen LogP contribution in [0.2, 0.25) is 5.02 Å². The number of benzene rings is 1. The number of carboxylic acids is 1. The molecule has 98 valence electrons. The Morgan fingerprint density at radius 3 is 2.61 bits per heavy atom. The van der Waals surface area contributed by atoms with Crippen LogP contribution in [0.3, 0.4) is 0 Å². The molecule has 6 heteroatoms. The number of halogens is 1. The Bertz CT molecular complexity index is 463. The van der Waals surface area contributed by atoms with Gasteiger partial charge in [-0.05, 0) is 25.2 Å². The van der Waals surface area contributed by atoms with Gasteiger partial charge in [-0.15, -0.1) is 0 Å². The third-order valence-electron chi connectivity index (χ3n) is 2.42. The molecule has 1 aromatic carbocycles. The molecule has 0 aromatic heterocycles. The largest absolute Gasteiger partial charge is 0.478 e. The Hall–Kier alpha value is -1.59. The SMILES string of the molecule is CNCC(C)C(=O)Nc1ccc(C(=O)O)c(Cl)c1. The van der Waals surface area contributed by atoms with E-state index in [1.165, 1.54) is 18.2 Å². The lowest BCUT2D eigenvalue weighted by molar-refractivity contribution is -0.119. The fraction of sp³-hybridized carbons (Fsp3) is 0.333. The smallest absolute Gasteiger partial charge is 0.337 e. The average Bonchev–Trinajstić information content (AvgIpc) is 2.28. The van der Waals surface area contributed by atoms with Crippen LogP contribution in [-0.4, -0.2) is 30.6 Å². The Balaban J connectivity index is 2.77. The number of aromatic carboxylic acids is 1. The van der Waals surface area contributed by atoms with Crippen molar-refractivity contribution in [3.8, 4) is 0 Å². The summed E-state index contributed by atoms with van der Waals surface area (Å²) in [5.74, 6) is -1.43. The summed E-state index contributed by atoms with van der Waals surface area (Å²) < 4.78 is 0. The third kappa shape index (κ3) is 3.72. The molecule has 5 nitrogen and oxygen atoms in total. The lowest BCUT2D eigenvalue weighted by Gasteiger charge is -2.12. The molecule has 3 N–H and O–H groups in total. The van der Waals surface area contributed by atoms with Gasteiger partial charge in [0.25, 0.3) is 0 Å². The van der Waals surface area contributed by atoms with Gasteiger partial charge in [0.15, 0.2) is 0 Å². The monoisotopic (exact) mass is 270 g/mol. The number of carboxylic acid groups (broad SMARTS) is 1. The summed E-state index contributed by atoms with van der Waals surface area (Å²) in [5.41, 5.74) is 0.496. The van der Waals surface area contributed by atoms with Gasteiger partial charge in [0, 0.05) is 18.2 Å². The first-order valence-electron chi connectivity index (χ1n) is 5.44. The predicted molar refractivity (Wildman–Crippen MR) is 70.1 cm³/mol. The van der Waals surface area contributed by atoms with Crippen molar-refractivity contribution in [3.63, 3.8) is 0 Å². The van der Waals surface area contributed by atoms with Crippen molar-refractivity contribution in [1.82, 2.24) is 5.32 Å². The van der Waals surface area contributed by atoms with Crippen LogP contribution in [-0.2, 0) is 4.79 Å². The van der Waals surface area contributed by atoms with Gasteiger partial charge < -0.3 is 15.7 Å². The van der Waals surface area contributed by atoms with Crippen molar-refractivity contribution >= 4 is 29.2 Å².